The number of esters is 1. The fourth-order valence-electron chi connectivity index (χ4n) is 3.81. The SMILES string of the molecule is CC(C)(C)OC(=O)COc1ccc(NC(=O)N2CCN(C3CCNCC3)CC2)cc1.Cl.Cl. The number of carbonyl (C=O) groups excluding carboxylic acids is 2. The number of piperidine rings is 1. The Balaban J connectivity index is 0.00000256. The average Bonchev–Trinajstić information content (AvgIpc) is 2.73. The van der Waals surface area contributed by atoms with E-state index in [1.165, 1.54) is 12.8 Å². The van der Waals surface area contributed by atoms with Crippen molar-refractivity contribution in [2.75, 3.05) is 51.2 Å². The highest BCUT2D eigenvalue weighted by atomic mass is 35.5. The number of halogens is 2. The van der Waals surface area contributed by atoms with Gasteiger partial charge in [0.15, 0.2) is 6.61 Å². The molecule has 0 unspecified atom stereocenters. The molecule has 0 saturated carbocycles. The Kier molecular flexibility index (Phi) is 11.6. The van der Waals surface area contributed by atoms with Crippen LogP contribution in [0.25, 0.3) is 0 Å². The third kappa shape index (κ3) is 9.02. The van der Waals surface area contributed by atoms with Gasteiger partial charge in [-0.3, -0.25) is 4.90 Å². The monoisotopic (exact) mass is 490 g/mol. The van der Waals surface area contributed by atoms with Gasteiger partial charge in [-0.15, -0.1) is 24.8 Å². The Hall–Kier alpha value is -1.74. The second-order valence-corrected chi connectivity index (χ2v) is 8.83. The molecular formula is C22H36Cl2N4O4. The van der Waals surface area contributed by atoms with Crippen molar-refractivity contribution in [3.8, 4) is 5.75 Å². The number of nitrogens with zero attached hydrogens (tertiary/aromatic N) is 2. The van der Waals surface area contributed by atoms with Gasteiger partial charge < -0.3 is 25.0 Å². The van der Waals surface area contributed by atoms with Crippen molar-refractivity contribution < 1.29 is 19.1 Å². The third-order valence-electron chi connectivity index (χ3n) is 5.31. The summed E-state index contributed by atoms with van der Waals surface area (Å²) in [6.07, 6.45) is 2.38. The summed E-state index contributed by atoms with van der Waals surface area (Å²) in [6.45, 7) is 10.8. The first kappa shape index (κ1) is 28.3. The molecule has 10 heteroatoms. The van der Waals surface area contributed by atoms with Gasteiger partial charge in [-0.2, -0.15) is 0 Å². The van der Waals surface area contributed by atoms with Crippen molar-refractivity contribution in [3.05, 3.63) is 24.3 Å². The Labute approximate surface area is 203 Å². The van der Waals surface area contributed by atoms with Crippen LogP contribution >= 0.6 is 24.8 Å². The number of benzene rings is 1. The molecule has 2 aliphatic rings. The first-order valence-electron chi connectivity index (χ1n) is 10.8. The van der Waals surface area contributed by atoms with Crippen LogP contribution in [0.4, 0.5) is 10.5 Å². The lowest BCUT2D eigenvalue weighted by molar-refractivity contribution is -0.157. The largest absolute Gasteiger partial charge is 0.482 e. The topological polar surface area (TPSA) is 83.1 Å². The number of rotatable bonds is 5. The van der Waals surface area contributed by atoms with Gasteiger partial charge in [0, 0.05) is 37.9 Å². The highest BCUT2D eigenvalue weighted by molar-refractivity contribution is 5.89. The number of hydrogen-bond acceptors (Lipinski definition) is 6. The molecule has 0 bridgehead atoms. The predicted molar refractivity (Wildman–Crippen MR) is 130 cm³/mol. The van der Waals surface area contributed by atoms with E-state index in [4.69, 9.17) is 9.47 Å². The molecule has 2 heterocycles. The van der Waals surface area contributed by atoms with Gasteiger partial charge in [-0.1, -0.05) is 0 Å². The average molecular weight is 491 g/mol. The molecule has 2 saturated heterocycles. The number of carbonyl (C=O) groups is 2. The van der Waals surface area contributed by atoms with E-state index in [1.54, 1.807) is 24.3 Å². The molecule has 0 atom stereocenters. The molecule has 2 N–H and O–H groups in total. The number of piperazine rings is 1. The van der Waals surface area contributed by atoms with Crippen LogP contribution in [0.15, 0.2) is 24.3 Å². The summed E-state index contributed by atoms with van der Waals surface area (Å²) in [5.74, 6) is 0.137. The zero-order valence-electron chi connectivity index (χ0n) is 19.1. The molecule has 182 valence electrons. The van der Waals surface area contributed by atoms with Crippen molar-refractivity contribution >= 4 is 42.5 Å². The van der Waals surface area contributed by atoms with Crippen molar-refractivity contribution in [3.63, 3.8) is 0 Å². The summed E-state index contributed by atoms with van der Waals surface area (Å²) in [6, 6.07) is 7.57. The Morgan fingerprint density at radius 2 is 1.62 bits per heavy atom. The lowest BCUT2D eigenvalue weighted by Gasteiger charge is -2.40. The van der Waals surface area contributed by atoms with Gasteiger partial charge in [0.2, 0.25) is 0 Å². The second kappa shape index (κ2) is 13.1. The second-order valence-electron chi connectivity index (χ2n) is 8.83. The Morgan fingerprint density at radius 3 is 2.19 bits per heavy atom. The number of hydrogen-bond donors (Lipinski definition) is 2. The van der Waals surface area contributed by atoms with E-state index in [9.17, 15) is 9.59 Å². The summed E-state index contributed by atoms with van der Waals surface area (Å²) >= 11 is 0. The highest BCUT2D eigenvalue weighted by Gasteiger charge is 2.27. The minimum Gasteiger partial charge on any atom is -0.482 e. The molecule has 0 radical (unpaired) electrons. The van der Waals surface area contributed by atoms with E-state index in [1.807, 2.05) is 25.7 Å². The molecular weight excluding hydrogens is 455 g/mol. The van der Waals surface area contributed by atoms with E-state index in [-0.39, 0.29) is 37.5 Å². The minimum atomic E-state index is -0.534. The van der Waals surface area contributed by atoms with Gasteiger partial charge in [-0.05, 0) is 71.0 Å². The fraction of sp³-hybridized carbons (Fsp3) is 0.636. The van der Waals surface area contributed by atoms with E-state index in [0.29, 0.717) is 17.5 Å². The number of urea groups is 1. The first-order chi connectivity index (χ1) is 14.3. The zero-order chi connectivity index (χ0) is 21.6. The van der Waals surface area contributed by atoms with Crippen LogP contribution in [0.1, 0.15) is 33.6 Å². The summed E-state index contributed by atoms with van der Waals surface area (Å²) in [4.78, 5) is 28.7. The molecule has 32 heavy (non-hydrogen) atoms. The summed E-state index contributed by atoms with van der Waals surface area (Å²) in [5.41, 5.74) is 0.165. The van der Waals surface area contributed by atoms with Crippen LogP contribution in [-0.4, -0.2) is 79.3 Å². The maximum absolute atomic E-state index is 12.6. The van der Waals surface area contributed by atoms with Crippen LogP contribution in [0.5, 0.6) is 5.75 Å². The van der Waals surface area contributed by atoms with Crippen molar-refractivity contribution in [2.24, 2.45) is 0 Å². The lowest BCUT2D eigenvalue weighted by Crippen LogP contribution is -2.54. The first-order valence-corrected chi connectivity index (χ1v) is 10.8. The highest BCUT2D eigenvalue weighted by Crippen LogP contribution is 2.18. The molecule has 3 rings (SSSR count). The number of nitrogens with one attached hydrogen (secondary N) is 2. The fourth-order valence-corrected chi connectivity index (χ4v) is 3.81. The van der Waals surface area contributed by atoms with E-state index >= 15 is 0 Å². The van der Waals surface area contributed by atoms with Gasteiger partial charge >= 0.3 is 12.0 Å². The maximum atomic E-state index is 12.6. The van der Waals surface area contributed by atoms with Crippen LogP contribution < -0.4 is 15.4 Å². The van der Waals surface area contributed by atoms with E-state index in [0.717, 1.165) is 39.3 Å². The van der Waals surface area contributed by atoms with Crippen LogP contribution in [0.2, 0.25) is 0 Å². The van der Waals surface area contributed by atoms with E-state index < -0.39 is 11.6 Å². The molecule has 1 aromatic rings. The maximum Gasteiger partial charge on any atom is 0.344 e. The van der Waals surface area contributed by atoms with Crippen molar-refractivity contribution in [1.82, 2.24) is 15.1 Å². The summed E-state index contributed by atoms with van der Waals surface area (Å²) in [5, 5.41) is 6.34. The van der Waals surface area contributed by atoms with Gasteiger partial charge in [0.25, 0.3) is 0 Å². The van der Waals surface area contributed by atoms with Gasteiger partial charge in [0.05, 0.1) is 0 Å². The normalized spacial score (nSPS) is 17.5. The van der Waals surface area contributed by atoms with Crippen molar-refractivity contribution in [2.45, 2.75) is 45.3 Å². The molecule has 0 aliphatic carbocycles. The quantitative estimate of drug-likeness (QED) is 0.616. The molecule has 0 spiro atoms. The number of anilines is 1. The minimum absolute atomic E-state index is 0. The molecule has 0 aromatic heterocycles. The Morgan fingerprint density at radius 1 is 1.03 bits per heavy atom. The lowest BCUT2D eigenvalue weighted by atomic mass is 10.0. The number of amides is 2. The number of ether oxygens (including phenoxy) is 2. The van der Waals surface area contributed by atoms with Crippen molar-refractivity contribution in [1.29, 1.82) is 0 Å². The Bertz CT molecular complexity index is 714. The standard InChI is InChI=1S/C22H34N4O4.2ClH/c1-22(2,3)30-20(27)16-29-19-6-4-17(5-7-19)24-21(28)26-14-12-25(13-15-26)18-8-10-23-11-9-18;;/h4-7,18,23H,8-16H2,1-3H3,(H,24,28);2*1H. The molecule has 2 aliphatic heterocycles. The van der Waals surface area contributed by atoms with Crippen LogP contribution in [-0.2, 0) is 9.53 Å². The summed E-state index contributed by atoms with van der Waals surface area (Å²) in [7, 11) is 0. The van der Waals surface area contributed by atoms with Gasteiger partial charge in [0.1, 0.15) is 11.4 Å². The molecule has 1 aromatic carbocycles. The van der Waals surface area contributed by atoms with E-state index in [2.05, 4.69) is 15.5 Å². The van der Waals surface area contributed by atoms with Gasteiger partial charge in [-0.25, -0.2) is 9.59 Å². The third-order valence-corrected chi connectivity index (χ3v) is 5.31. The van der Waals surface area contributed by atoms with Crippen LogP contribution in [0, 0.1) is 0 Å². The molecule has 2 fully saturated rings. The van der Waals surface area contributed by atoms with Crippen LogP contribution in [0.3, 0.4) is 0 Å². The summed E-state index contributed by atoms with van der Waals surface area (Å²) < 4.78 is 10.7. The zero-order valence-corrected chi connectivity index (χ0v) is 20.7. The molecule has 8 nitrogen and oxygen atoms in total. The smallest absolute Gasteiger partial charge is 0.344 e. The predicted octanol–water partition coefficient (Wildman–Crippen LogP) is 3.15. The molecule has 2 amide bonds.